The van der Waals surface area contributed by atoms with Crippen molar-refractivity contribution in [3.63, 3.8) is 0 Å². The number of para-hydroxylation sites is 2. The quantitative estimate of drug-likeness (QED) is 0.751. The number of aliphatic hydroxyl groups excluding tert-OH is 1. The fourth-order valence-corrected chi connectivity index (χ4v) is 2.20. The first-order valence-corrected chi connectivity index (χ1v) is 7.49. The molecule has 0 saturated carbocycles. The van der Waals surface area contributed by atoms with E-state index in [-0.39, 0.29) is 0 Å². The summed E-state index contributed by atoms with van der Waals surface area (Å²) in [5, 5.41) is 10.2. The van der Waals surface area contributed by atoms with Crippen molar-refractivity contribution in [1.29, 1.82) is 0 Å². The molecule has 0 saturated heterocycles. The molecule has 112 valence electrons. The van der Waals surface area contributed by atoms with Gasteiger partial charge in [0.2, 0.25) is 6.29 Å². The molecule has 2 aromatic rings. The number of hydrogen-bond acceptors (Lipinski definition) is 3. The van der Waals surface area contributed by atoms with Crippen molar-refractivity contribution in [2.24, 2.45) is 0 Å². The minimum Gasteiger partial charge on any atom is -0.463 e. The highest BCUT2D eigenvalue weighted by Gasteiger charge is 2.13. The van der Waals surface area contributed by atoms with Crippen LogP contribution in [0.3, 0.4) is 0 Å². The molecule has 0 aliphatic heterocycles. The highest BCUT2D eigenvalue weighted by atomic mass is 16.6. The van der Waals surface area contributed by atoms with Gasteiger partial charge in [0, 0.05) is 12.2 Å². The van der Waals surface area contributed by atoms with Crippen molar-refractivity contribution in [1.82, 2.24) is 0 Å². The summed E-state index contributed by atoms with van der Waals surface area (Å²) in [5.41, 5.74) is 1.11. The zero-order valence-corrected chi connectivity index (χ0v) is 12.5. The first-order chi connectivity index (χ1) is 10.3. The van der Waals surface area contributed by atoms with Crippen LogP contribution in [0, 0.1) is 0 Å². The van der Waals surface area contributed by atoms with E-state index < -0.39 is 6.29 Å². The first kappa shape index (κ1) is 15.4. The summed E-state index contributed by atoms with van der Waals surface area (Å²) in [5.74, 6) is 0.688. The number of aliphatic hydroxyl groups is 1. The normalized spacial score (nSPS) is 11.9. The van der Waals surface area contributed by atoms with E-state index in [0.29, 0.717) is 12.3 Å². The number of benzene rings is 2. The lowest BCUT2D eigenvalue weighted by Crippen LogP contribution is -2.36. The van der Waals surface area contributed by atoms with Crippen molar-refractivity contribution in [3.8, 4) is 5.75 Å². The van der Waals surface area contributed by atoms with Crippen LogP contribution in [0.15, 0.2) is 60.7 Å². The maximum Gasteiger partial charge on any atom is 0.215 e. The Balaban J connectivity index is 1.97. The lowest BCUT2D eigenvalue weighted by molar-refractivity contribution is -0.0100. The predicted molar refractivity (Wildman–Crippen MR) is 86.6 cm³/mol. The average molecular weight is 285 g/mol. The lowest BCUT2D eigenvalue weighted by Gasteiger charge is -2.27. The van der Waals surface area contributed by atoms with Crippen molar-refractivity contribution < 1.29 is 9.84 Å². The first-order valence-electron chi connectivity index (χ1n) is 7.49. The van der Waals surface area contributed by atoms with Gasteiger partial charge in [0.15, 0.2) is 0 Å². The van der Waals surface area contributed by atoms with Gasteiger partial charge in [0.1, 0.15) is 5.75 Å². The summed E-state index contributed by atoms with van der Waals surface area (Å²) < 4.78 is 5.56. The highest BCUT2D eigenvalue weighted by molar-refractivity contribution is 5.46. The Morgan fingerprint density at radius 2 is 1.62 bits per heavy atom. The molecule has 2 rings (SSSR count). The molecule has 0 spiro atoms. The van der Waals surface area contributed by atoms with Crippen LogP contribution in [0.2, 0.25) is 0 Å². The second-order valence-electron chi connectivity index (χ2n) is 5.02. The summed E-state index contributed by atoms with van der Waals surface area (Å²) in [7, 11) is 0. The second-order valence-corrected chi connectivity index (χ2v) is 5.02. The van der Waals surface area contributed by atoms with Gasteiger partial charge in [-0.3, -0.25) is 0 Å². The number of rotatable bonds is 8. The SMILES string of the molecule is CCCCN(CC(O)Oc1ccccc1)c1ccccc1. The van der Waals surface area contributed by atoms with Crippen LogP contribution in [0.1, 0.15) is 19.8 Å². The minimum atomic E-state index is -0.843. The van der Waals surface area contributed by atoms with Crippen LogP contribution in [-0.4, -0.2) is 24.5 Å². The van der Waals surface area contributed by atoms with Gasteiger partial charge in [-0.1, -0.05) is 49.7 Å². The van der Waals surface area contributed by atoms with Gasteiger partial charge in [0.05, 0.1) is 6.54 Å². The van der Waals surface area contributed by atoms with Crippen molar-refractivity contribution in [2.45, 2.75) is 26.1 Å². The molecule has 3 nitrogen and oxygen atoms in total. The van der Waals surface area contributed by atoms with E-state index >= 15 is 0 Å². The number of hydrogen-bond donors (Lipinski definition) is 1. The summed E-state index contributed by atoms with van der Waals surface area (Å²) >= 11 is 0. The molecule has 0 amide bonds. The maximum absolute atomic E-state index is 10.2. The van der Waals surface area contributed by atoms with E-state index in [0.717, 1.165) is 25.1 Å². The Labute approximate surface area is 126 Å². The van der Waals surface area contributed by atoms with Gasteiger partial charge in [-0.05, 0) is 30.7 Å². The highest BCUT2D eigenvalue weighted by Crippen LogP contribution is 2.16. The Morgan fingerprint density at radius 1 is 1.00 bits per heavy atom. The molecule has 2 aromatic carbocycles. The molecule has 0 fully saturated rings. The van der Waals surface area contributed by atoms with Crippen LogP contribution in [0.25, 0.3) is 0 Å². The summed E-state index contributed by atoms with van der Waals surface area (Å²) in [6.45, 7) is 3.54. The number of unbranched alkanes of at least 4 members (excludes halogenated alkanes) is 1. The number of ether oxygens (including phenoxy) is 1. The molecule has 0 bridgehead atoms. The third-order valence-electron chi connectivity index (χ3n) is 3.29. The van der Waals surface area contributed by atoms with Crippen LogP contribution in [0.5, 0.6) is 5.75 Å². The van der Waals surface area contributed by atoms with Crippen molar-refractivity contribution in [2.75, 3.05) is 18.0 Å². The van der Waals surface area contributed by atoms with Gasteiger partial charge in [-0.2, -0.15) is 0 Å². The minimum absolute atomic E-state index is 0.457. The molecule has 1 N–H and O–H groups in total. The summed E-state index contributed by atoms with van der Waals surface area (Å²) in [6.07, 6.45) is 1.37. The topological polar surface area (TPSA) is 32.7 Å². The van der Waals surface area contributed by atoms with Crippen LogP contribution in [0.4, 0.5) is 5.69 Å². The van der Waals surface area contributed by atoms with E-state index in [2.05, 4.69) is 24.0 Å². The second kappa shape index (κ2) is 8.32. The fourth-order valence-electron chi connectivity index (χ4n) is 2.20. The Hall–Kier alpha value is -2.00. The molecule has 21 heavy (non-hydrogen) atoms. The molecule has 0 aliphatic carbocycles. The molecular formula is C18H23NO2. The van der Waals surface area contributed by atoms with Crippen LogP contribution >= 0.6 is 0 Å². The maximum atomic E-state index is 10.2. The van der Waals surface area contributed by atoms with Crippen molar-refractivity contribution >= 4 is 5.69 Å². The Bertz CT molecular complexity index is 501. The third-order valence-corrected chi connectivity index (χ3v) is 3.29. The van der Waals surface area contributed by atoms with E-state index in [1.807, 2.05) is 48.5 Å². The fraction of sp³-hybridized carbons (Fsp3) is 0.333. The van der Waals surface area contributed by atoms with Gasteiger partial charge in [-0.25, -0.2) is 0 Å². The lowest BCUT2D eigenvalue weighted by atomic mass is 10.2. The van der Waals surface area contributed by atoms with E-state index in [1.165, 1.54) is 0 Å². The molecule has 3 heteroatoms. The monoisotopic (exact) mass is 285 g/mol. The smallest absolute Gasteiger partial charge is 0.215 e. The molecule has 0 aromatic heterocycles. The molecule has 0 aliphatic rings. The molecule has 0 heterocycles. The average Bonchev–Trinajstić information content (AvgIpc) is 2.53. The van der Waals surface area contributed by atoms with E-state index in [4.69, 9.17) is 4.74 Å². The van der Waals surface area contributed by atoms with Gasteiger partial charge in [-0.15, -0.1) is 0 Å². The largest absolute Gasteiger partial charge is 0.463 e. The standard InChI is InChI=1S/C18H23NO2/c1-2-3-14-19(16-10-6-4-7-11-16)15-18(20)21-17-12-8-5-9-13-17/h4-13,18,20H,2-3,14-15H2,1H3. The number of nitrogens with zero attached hydrogens (tertiary/aromatic N) is 1. The Morgan fingerprint density at radius 3 is 2.24 bits per heavy atom. The van der Waals surface area contributed by atoms with Crippen LogP contribution < -0.4 is 9.64 Å². The molecule has 1 unspecified atom stereocenters. The summed E-state index contributed by atoms with van der Waals surface area (Å²) in [6, 6.07) is 19.6. The van der Waals surface area contributed by atoms with E-state index in [1.54, 1.807) is 0 Å². The van der Waals surface area contributed by atoms with Gasteiger partial charge < -0.3 is 14.7 Å². The predicted octanol–water partition coefficient (Wildman–Crippen LogP) is 3.69. The molecule has 1 atom stereocenters. The Kier molecular flexibility index (Phi) is 6.10. The van der Waals surface area contributed by atoms with Gasteiger partial charge >= 0.3 is 0 Å². The third kappa shape index (κ3) is 5.12. The van der Waals surface area contributed by atoms with Gasteiger partial charge in [0.25, 0.3) is 0 Å². The number of anilines is 1. The summed E-state index contributed by atoms with van der Waals surface area (Å²) in [4.78, 5) is 2.16. The van der Waals surface area contributed by atoms with Crippen molar-refractivity contribution in [3.05, 3.63) is 60.7 Å². The van der Waals surface area contributed by atoms with E-state index in [9.17, 15) is 5.11 Å². The van der Waals surface area contributed by atoms with Crippen LogP contribution in [-0.2, 0) is 0 Å². The zero-order chi connectivity index (χ0) is 14.9. The molecular weight excluding hydrogens is 262 g/mol. The zero-order valence-electron chi connectivity index (χ0n) is 12.5. The molecule has 0 radical (unpaired) electrons.